The standard InChI is InChI=1S/C10H17NO/c1-3-4-8-12-11-7-5-6-10(2)9-11/h3-4H,2,5-9H2,1H3/b4-3-. The van der Waals surface area contributed by atoms with E-state index in [0.29, 0.717) is 6.61 Å². The lowest BCUT2D eigenvalue weighted by Crippen LogP contribution is -2.31. The minimum Gasteiger partial charge on any atom is -0.295 e. The van der Waals surface area contributed by atoms with Crippen molar-refractivity contribution in [3.05, 3.63) is 24.3 Å². The molecule has 0 saturated carbocycles. The lowest BCUT2D eigenvalue weighted by atomic mass is 10.1. The molecule has 1 fully saturated rings. The van der Waals surface area contributed by atoms with E-state index in [-0.39, 0.29) is 0 Å². The van der Waals surface area contributed by atoms with Crippen LogP contribution < -0.4 is 0 Å². The van der Waals surface area contributed by atoms with Gasteiger partial charge in [-0.3, -0.25) is 4.84 Å². The first-order valence-corrected chi connectivity index (χ1v) is 4.48. The molecule has 2 nitrogen and oxygen atoms in total. The first-order valence-electron chi connectivity index (χ1n) is 4.48. The van der Waals surface area contributed by atoms with Gasteiger partial charge in [-0.2, -0.15) is 5.06 Å². The Morgan fingerprint density at radius 2 is 2.50 bits per heavy atom. The topological polar surface area (TPSA) is 12.5 Å². The summed E-state index contributed by atoms with van der Waals surface area (Å²) in [7, 11) is 0. The highest BCUT2D eigenvalue weighted by molar-refractivity contribution is 4.98. The van der Waals surface area contributed by atoms with Crippen molar-refractivity contribution in [1.82, 2.24) is 5.06 Å². The largest absolute Gasteiger partial charge is 0.295 e. The van der Waals surface area contributed by atoms with E-state index >= 15 is 0 Å². The molecule has 0 N–H and O–H groups in total. The van der Waals surface area contributed by atoms with Gasteiger partial charge >= 0.3 is 0 Å². The van der Waals surface area contributed by atoms with Crippen LogP contribution in [0.4, 0.5) is 0 Å². The number of hydroxylamine groups is 2. The maximum atomic E-state index is 5.48. The smallest absolute Gasteiger partial charge is 0.0866 e. The molecule has 1 rings (SSSR count). The molecule has 12 heavy (non-hydrogen) atoms. The fourth-order valence-corrected chi connectivity index (χ4v) is 1.27. The van der Waals surface area contributed by atoms with E-state index in [4.69, 9.17) is 4.84 Å². The normalized spacial score (nSPS) is 20.6. The number of piperidine rings is 1. The fraction of sp³-hybridized carbons (Fsp3) is 0.600. The summed E-state index contributed by atoms with van der Waals surface area (Å²) in [5.41, 5.74) is 1.28. The lowest BCUT2D eigenvalue weighted by molar-refractivity contribution is -0.148. The van der Waals surface area contributed by atoms with Gasteiger partial charge in [0.2, 0.25) is 0 Å². The van der Waals surface area contributed by atoms with E-state index in [1.165, 1.54) is 12.0 Å². The van der Waals surface area contributed by atoms with Gasteiger partial charge in [-0.15, -0.1) is 0 Å². The van der Waals surface area contributed by atoms with Crippen LogP contribution in [-0.2, 0) is 4.84 Å². The third kappa shape index (κ3) is 3.20. The number of nitrogens with zero attached hydrogens (tertiary/aromatic N) is 1. The molecule has 0 radical (unpaired) electrons. The quantitative estimate of drug-likeness (QED) is 0.597. The monoisotopic (exact) mass is 167 g/mol. The van der Waals surface area contributed by atoms with E-state index in [0.717, 1.165) is 19.5 Å². The van der Waals surface area contributed by atoms with Gasteiger partial charge in [0.15, 0.2) is 0 Å². The van der Waals surface area contributed by atoms with E-state index < -0.39 is 0 Å². The molecule has 0 aromatic rings. The summed E-state index contributed by atoms with van der Waals surface area (Å²) in [4.78, 5) is 5.48. The van der Waals surface area contributed by atoms with Gasteiger partial charge in [0.25, 0.3) is 0 Å². The molecule has 0 atom stereocenters. The molecule has 0 unspecified atom stereocenters. The van der Waals surface area contributed by atoms with Gasteiger partial charge in [-0.25, -0.2) is 0 Å². The van der Waals surface area contributed by atoms with Crippen LogP contribution in [0.1, 0.15) is 19.8 Å². The summed E-state index contributed by atoms with van der Waals surface area (Å²) >= 11 is 0. The Hall–Kier alpha value is -0.600. The highest BCUT2D eigenvalue weighted by atomic mass is 16.7. The molecule has 0 aromatic carbocycles. The summed E-state index contributed by atoms with van der Waals surface area (Å²) in [6.07, 6.45) is 6.34. The molecule has 1 aliphatic heterocycles. The first kappa shape index (κ1) is 9.49. The van der Waals surface area contributed by atoms with Crippen molar-refractivity contribution in [2.45, 2.75) is 19.8 Å². The van der Waals surface area contributed by atoms with Crippen molar-refractivity contribution in [3.63, 3.8) is 0 Å². The van der Waals surface area contributed by atoms with Crippen LogP contribution in [0.2, 0.25) is 0 Å². The molecule has 0 aliphatic carbocycles. The lowest BCUT2D eigenvalue weighted by Gasteiger charge is -2.26. The molecule has 2 heteroatoms. The van der Waals surface area contributed by atoms with Crippen LogP contribution in [0.15, 0.2) is 24.3 Å². The third-order valence-electron chi connectivity index (χ3n) is 1.93. The average Bonchev–Trinajstić information content (AvgIpc) is 2.05. The summed E-state index contributed by atoms with van der Waals surface area (Å²) in [5, 5.41) is 1.99. The Balaban J connectivity index is 2.18. The number of hydrogen-bond donors (Lipinski definition) is 0. The molecule has 68 valence electrons. The zero-order valence-corrected chi connectivity index (χ0v) is 7.75. The highest BCUT2D eigenvalue weighted by Gasteiger charge is 2.11. The van der Waals surface area contributed by atoms with Gasteiger partial charge in [0, 0.05) is 13.1 Å². The van der Waals surface area contributed by atoms with Crippen molar-refractivity contribution in [1.29, 1.82) is 0 Å². The second-order valence-corrected chi connectivity index (χ2v) is 3.08. The average molecular weight is 167 g/mol. The predicted molar refractivity (Wildman–Crippen MR) is 50.7 cm³/mol. The molecule has 0 spiro atoms. The summed E-state index contributed by atoms with van der Waals surface area (Å²) in [5.74, 6) is 0. The van der Waals surface area contributed by atoms with Crippen LogP contribution in [0, 0.1) is 0 Å². The summed E-state index contributed by atoms with van der Waals surface area (Å²) in [6.45, 7) is 8.57. The fourth-order valence-electron chi connectivity index (χ4n) is 1.27. The van der Waals surface area contributed by atoms with Crippen LogP contribution in [0.3, 0.4) is 0 Å². The van der Waals surface area contributed by atoms with E-state index in [1.807, 2.05) is 24.1 Å². The molecule has 0 aromatic heterocycles. The summed E-state index contributed by atoms with van der Waals surface area (Å²) < 4.78 is 0. The molecule has 0 amide bonds. The van der Waals surface area contributed by atoms with Gasteiger partial charge in [0.1, 0.15) is 0 Å². The van der Waals surface area contributed by atoms with Crippen LogP contribution in [-0.4, -0.2) is 24.8 Å². The van der Waals surface area contributed by atoms with Crippen LogP contribution in [0.5, 0.6) is 0 Å². The Morgan fingerprint density at radius 3 is 3.17 bits per heavy atom. The van der Waals surface area contributed by atoms with E-state index in [9.17, 15) is 0 Å². The second-order valence-electron chi connectivity index (χ2n) is 3.08. The minimum atomic E-state index is 0.684. The molecule has 1 aliphatic rings. The molecule has 1 heterocycles. The maximum absolute atomic E-state index is 5.48. The van der Waals surface area contributed by atoms with Crippen molar-refractivity contribution in [2.75, 3.05) is 19.7 Å². The third-order valence-corrected chi connectivity index (χ3v) is 1.93. The van der Waals surface area contributed by atoms with E-state index in [2.05, 4.69) is 6.58 Å². The van der Waals surface area contributed by atoms with Crippen LogP contribution in [0.25, 0.3) is 0 Å². The van der Waals surface area contributed by atoms with Crippen molar-refractivity contribution >= 4 is 0 Å². The number of allylic oxidation sites excluding steroid dienone is 1. The molecule has 0 bridgehead atoms. The maximum Gasteiger partial charge on any atom is 0.0866 e. The molecular formula is C10H17NO. The Kier molecular flexibility index (Phi) is 4.05. The zero-order valence-electron chi connectivity index (χ0n) is 7.75. The van der Waals surface area contributed by atoms with Crippen LogP contribution >= 0.6 is 0 Å². The van der Waals surface area contributed by atoms with Gasteiger partial charge in [-0.05, 0) is 19.8 Å². The van der Waals surface area contributed by atoms with Crippen molar-refractivity contribution < 1.29 is 4.84 Å². The van der Waals surface area contributed by atoms with E-state index in [1.54, 1.807) is 0 Å². The first-order chi connectivity index (χ1) is 5.83. The van der Waals surface area contributed by atoms with Crippen molar-refractivity contribution in [3.8, 4) is 0 Å². The Morgan fingerprint density at radius 1 is 1.67 bits per heavy atom. The zero-order chi connectivity index (χ0) is 8.81. The van der Waals surface area contributed by atoms with Gasteiger partial charge < -0.3 is 0 Å². The Labute approximate surface area is 74.5 Å². The number of hydrogen-bond acceptors (Lipinski definition) is 2. The number of rotatable bonds is 3. The highest BCUT2D eigenvalue weighted by Crippen LogP contribution is 2.13. The predicted octanol–water partition coefficient (Wildman–Crippen LogP) is 2.15. The minimum absolute atomic E-state index is 0.684. The molecular weight excluding hydrogens is 150 g/mol. The SMILES string of the molecule is C=C1CCCN(OC/C=C\C)C1. The molecule has 1 saturated heterocycles. The Bertz CT molecular complexity index is 175. The van der Waals surface area contributed by atoms with Crippen molar-refractivity contribution in [2.24, 2.45) is 0 Å². The second kappa shape index (κ2) is 5.12. The van der Waals surface area contributed by atoms with Gasteiger partial charge in [0.05, 0.1) is 6.61 Å². The summed E-state index contributed by atoms with van der Waals surface area (Å²) in [6, 6.07) is 0. The van der Waals surface area contributed by atoms with Gasteiger partial charge in [-0.1, -0.05) is 24.3 Å².